The summed E-state index contributed by atoms with van der Waals surface area (Å²) in [5.74, 6) is 2.26. The zero-order valence-corrected chi connectivity index (χ0v) is 16.1. The second kappa shape index (κ2) is 13.4. The predicted molar refractivity (Wildman–Crippen MR) is 103 cm³/mol. The van der Waals surface area contributed by atoms with Crippen LogP contribution < -0.4 is 20.1 Å². The first-order chi connectivity index (χ1) is 12.2. The van der Waals surface area contributed by atoms with E-state index >= 15 is 0 Å². The Kier molecular flexibility index (Phi) is 11.3. The van der Waals surface area contributed by atoms with Crippen LogP contribution in [0, 0.1) is 0 Å². The molecule has 0 saturated carbocycles. The van der Waals surface area contributed by atoms with Gasteiger partial charge < -0.3 is 24.8 Å². The van der Waals surface area contributed by atoms with Gasteiger partial charge in [-0.05, 0) is 37.5 Å². The van der Waals surface area contributed by atoms with E-state index in [9.17, 15) is 0 Å². The number of ether oxygens (including phenoxy) is 3. The second-order valence-electron chi connectivity index (χ2n) is 5.63. The molecule has 1 aromatic carbocycles. The molecule has 142 valence electrons. The molecule has 0 amide bonds. The molecule has 0 unspecified atom stereocenters. The van der Waals surface area contributed by atoms with E-state index in [0.29, 0.717) is 6.54 Å². The molecule has 0 radical (unpaired) electrons. The van der Waals surface area contributed by atoms with Gasteiger partial charge in [0.15, 0.2) is 17.5 Å². The fourth-order valence-corrected chi connectivity index (χ4v) is 2.22. The third-order valence-electron chi connectivity index (χ3n) is 3.61. The van der Waals surface area contributed by atoms with Crippen LogP contribution in [0.15, 0.2) is 23.2 Å². The first-order valence-electron chi connectivity index (χ1n) is 9.05. The van der Waals surface area contributed by atoms with Gasteiger partial charge in [-0.3, -0.25) is 0 Å². The minimum Gasteiger partial charge on any atom is -0.493 e. The first-order valence-corrected chi connectivity index (χ1v) is 9.05. The molecule has 0 aliphatic rings. The van der Waals surface area contributed by atoms with E-state index in [0.717, 1.165) is 62.2 Å². The van der Waals surface area contributed by atoms with Gasteiger partial charge in [0.1, 0.15) is 0 Å². The molecular formula is C19H33N3O3. The van der Waals surface area contributed by atoms with Crippen LogP contribution in [0.5, 0.6) is 11.5 Å². The van der Waals surface area contributed by atoms with Crippen LogP contribution in [0.1, 0.15) is 38.7 Å². The van der Waals surface area contributed by atoms with E-state index in [-0.39, 0.29) is 0 Å². The molecule has 0 bridgehead atoms. The topological polar surface area (TPSA) is 64.1 Å². The van der Waals surface area contributed by atoms with Crippen molar-refractivity contribution >= 4 is 5.96 Å². The number of aliphatic imine (C=N–C) groups is 1. The molecule has 6 nitrogen and oxygen atoms in total. The van der Waals surface area contributed by atoms with Crippen LogP contribution in [0.25, 0.3) is 0 Å². The lowest BCUT2D eigenvalue weighted by Gasteiger charge is -2.12. The smallest absolute Gasteiger partial charge is 0.191 e. The quantitative estimate of drug-likeness (QED) is 0.344. The summed E-state index contributed by atoms with van der Waals surface area (Å²) in [4.78, 5) is 4.62. The van der Waals surface area contributed by atoms with Crippen molar-refractivity contribution in [3.63, 3.8) is 0 Å². The van der Waals surface area contributed by atoms with Gasteiger partial charge >= 0.3 is 0 Å². The lowest BCUT2D eigenvalue weighted by Crippen LogP contribution is -2.38. The van der Waals surface area contributed by atoms with Crippen molar-refractivity contribution in [2.24, 2.45) is 4.99 Å². The Morgan fingerprint density at radius 2 is 1.76 bits per heavy atom. The molecule has 1 aromatic rings. The van der Waals surface area contributed by atoms with Crippen molar-refractivity contribution in [2.45, 2.75) is 39.7 Å². The molecule has 0 heterocycles. The summed E-state index contributed by atoms with van der Waals surface area (Å²) in [6.07, 6.45) is 3.26. The molecule has 1 rings (SSSR count). The summed E-state index contributed by atoms with van der Waals surface area (Å²) in [5, 5.41) is 6.59. The van der Waals surface area contributed by atoms with E-state index < -0.39 is 0 Å². The van der Waals surface area contributed by atoms with Gasteiger partial charge in [-0.15, -0.1) is 0 Å². The summed E-state index contributed by atoms with van der Waals surface area (Å²) in [6, 6.07) is 5.85. The number of benzene rings is 1. The Labute approximate surface area is 152 Å². The zero-order chi connectivity index (χ0) is 18.3. The van der Waals surface area contributed by atoms with Crippen molar-refractivity contribution in [3.8, 4) is 11.5 Å². The molecule has 6 heteroatoms. The van der Waals surface area contributed by atoms with Gasteiger partial charge in [-0.25, -0.2) is 4.99 Å². The molecule has 0 atom stereocenters. The number of nitrogens with zero attached hydrogens (tertiary/aromatic N) is 1. The lowest BCUT2D eigenvalue weighted by atomic mass is 10.2. The number of unbranched alkanes of at least 4 members (excludes halogenated alkanes) is 1. The van der Waals surface area contributed by atoms with Crippen molar-refractivity contribution in [1.82, 2.24) is 10.6 Å². The largest absolute Gasteiger partial charge is 0.493 e. The van der Waals surface area contributed by atoms with Crippen LogP contribution in [-0.4, -0.2) is 46.5 Å². The molecular weight excluding hydrogens is 318 g/mol. The Balaban J connectivity index is 2.46. The van der Waals surface area contributed by atoms with Crippen molar-refractivity contribution in [3.05, 3.63) is 23.8 Å². The molecule has 0 saturated heterocycles. The molecule has 0 fully saturated rings. The number of nitrogens with one attached hydrogen (secondary N) is 2. The van der Waals surface area contributed by atoms with Crippen molar-refractivity contribution in [2.75, 3.05) is 40.5 Å². The maximum atomic E-state index is 5.57. The van der Waals surface area contributed by atoms with Crippen LogP contribution >= 0.6 is 0 Å². The number of hydrogen-bond acceptors (Lipinski definition) is 4. The molecule has 0 aliphatic carbocycles. The highest BCUT2D eigenvalue weighted by atomic mass is 16.5. The van der Waals surface area contributed by atoms with Gasteiger partial charge in [0.05, 0.1) is 20.8 Å². The highest BCUT2D eigenvalue weighted by Gasteiger charge is 2.04. The monoisotopic (exact) mass is 351 g/mol. The fourth-order valence-electron chi connectivity index (χ4n) is 2.22. The Hall–Kier alpha value is -1.95. The van der Waals surface area contributed by atoms with E-state index in [1.54, 1.807) is 14.2 Å². The highest BCUT2D eigenvalue weighted by molar-refractivity contribution is 5.79. The van der Waals surface area contributed by atoms with E-state index in [2.05, 4.69) is 29.5 Å². The van der Waals surface area contributed by atoms with Crippen molar-refractivity contribution in [1.29, 1.82) is 0 Å². The van der Waals surface area contributed by atoms with E-state index in [4.69, 9.17) is 14.2 Å². The Morgan fingerprint density at radius 3 is 2.44 bits per heavy atom. The molecule has 0 aromatic heterocycles. The standard InChI is InChI=1S/C19H33N3O3/c1-5-7-12-25-13-8-11-21-19(20-6-2)22-15-16-9-10-17(23-3)18(14-16)24-4/h9-10,14H,5-8,11-13,15H2,1-4H3,(H2,20,21,22). The summed E-state index contributed by atoms with van der Waals surface area (Å²) in [6.45, 7) is 8.09. The van der Waals surface area contributed by atoms with Crippen LogP contribution in [0.2, 0.25) is 0 Å². The lowest BCUT2D eigenvalue weighted by molar-refractivity contribution is 0.129. The van der Waals surface area contributed by atoms with Gasteiger partial charge in [0.2, 0.25) is 0 Å². The van der Waals surface area contributed by atoms with Gasteiger partial charge in [0, 0.05) is 26.3 Å². The number of hydrogen-bond donors (Lipinski definition) is 2. The summed E-state index contributed by atoms with van der Waals surface area (Å²) in [5.41, 5.74) is 1.07. The summed E-state index contributed by atoms with van der Waals surface area (Å²) < 4.78 is 16.2. The second-order valence-corrected chi connectivity index (χ2v) is 5.63. The summed E-state index contributed by atoms with van der Waals surface area (Å²) in [7, 11) is 3.27. The van der Waals surface area contributed by atoms with Crippen molar-refractivity contribution < 1.29 is 14.2 Å². The Morgan fingerprint density at radius 1 is 1.00 bits per heavy atom. The SMILES string of the molecule is CCCCOCCCNC(=NCc1ccc(OC)c(OC)c1)NCC. The van der Waals surface area contributed by atoms with E-state index in [1.165, 1.54) is 6.42 Å². The minimum atomic E-state index is 0.572. The number of methoxy groups -OCH3 is 2. The fraction of sp³-hybridized carbons (Fsp3) is 0.632. The maximum Gasteiger partial charge on any atom is 0.191 e. The number of rotatable bonds is 12. The number of guanidine groups is 1. The average molecular weight is 351 g/mol. The molecule has 0 aliphatic heterocycles. The van der Waals surface area contributed by atoms with Gasteiger partial charge in [0.25, 0.3) is 0 Å². The third-order valence-corrected chi connectivity index (χ3v) is 3.61. The average Bonchev–Trinajstić information content (AvgIpc) is 2.64. The van der Waals surface area contributed by atoms with Crippen LogP contribution in [0.4, 0.5) is 0 Å². The third kappa shape index (κ3) is 8.63. The minimum absolute atomic E-state index is 0.572. The summed E-state index contributed by atoms with van der Waals surface area (Å²) >= 11 is 0. The highest BCUT2D eigenvalue weighted by Crippen LogP contribution is 2.27. The zero-order valence-electron chi connectivity index (χ0n) is 16.1. The van der Waals surface area contributed by atoms with Crippen LogP contribution in [-0.2, 0) is 11.3 Å². The Bertz CT molecular complexity index is 507. The molecule has 25 heavy (non-hydrogen) atoms. The van der Waals surface area contributed by atoms with Crippen LogP contribution in [0.3, 0.4) is 0 Å². The predicted octanol–water partition coefficient (Wildman–Crippen LogP) is 2.97. The van der Waals surface area contributed by atoms with Gasteiger partial charge in [-0.1, -0.05) is 19.4 Å². The maximum absolute atomic E-state index is 5.57. The van der Waals surface area contributed by atoms with E-state index in [1.807, 2.05) is 18.2 Å². The normalized spacial score (nSPS) is 11.3. The van der Waals surface area contributed by atoms with Gasteiger partial charge in [-0.2, -0.15) is 0 Å². The first kappa shape index (κ1) is 21.1. The molecule has 2 N–H and O–H groups in total. The molecule has 0 spiro atoms.